The van der Waals surface area contributed by atoms with Crippen LogP contribution in [0.3, 0.4) is 0 Å². The Kier molecular flexibility index (Phi) is 6.15. The number of carbonyl (C=O) groups is 1. The van der Waals surface area contributed by atoms with E-state index in [0.717, 1.165) is 6.42 Å². The first-order chi connectivity index (χ1) is 10.8. The Bertz CT molecular complexity index is 449. The maximum Gasteiger partial charge on any atom is 0.314 e. The van der Waals surface area contributed by atoms with Crippen molar-refractivity contribution >= 4 is 14.0 Å². The number of unbranched alkanes of at least 4 members (excludes halogenated alkanes) is 7. The molecule has 2 aliphatic rings. The van der Waals surface area contributed by atoms with Crippen LogP contribution in [0.5, 0.6) is 0 Å². The van der Waals surface area contributed by atoms with E-state index in [9.17, 15) is 4.79 Å². The highest BCUT2D eigenvalue weighted by Crippen LogP contribution is 2.57. The molecular formula is C20H36O2Si. The molecule has 0 aromatic heterocycles. The van der Waals surface area contributed by atoms with E-state index in [0.29, 0.717) is 0 Å². The lowest BCUT2D eigenvalue weighted by molar-refractivity contribution is -0.143. The van der Waals surface area contributed by atoms with E-state index in [4.69, 9.17) is 4.74 Å². The minimum atomic E-state index is -1.38. The third kappa shape index (κ3) is 4.10. The number of hydrogen-bond donors (Lipinski definition) is 0. The molecule has 0 spiro atoms. The van der Waals surface area contributed by atoms with Crippen LogP contribution in [0.25, 0.3) is 0 Å². The van der Waals surface area contributed by atoms with Gasteiger partial charge in [0.25, 0.3) is 0 Å². The quantitative estimate of drug-likeness (QED) is 0.283. The van der Waals surface area contributed by atoms with Crippen LogP contribution >= 0.6 is 0 Å². The van der Waals surface area contributed by atoms with Crippen molar-refractivity contribution in [2.24, 2.45) is 11.3 Å². The van der Waals surface area contributed by atoms with E-state index in [1.165, 1.54) is 56.6 Å². The summed E-state index contributed by atoms with van der Waals surface area (Å²) in [5, 5.41) is 1.42. The van der Waals surface area contributed by atoms with Crippen LogP contribution < -0.4 is 0 Å². The summed E-state index contributed by atoms with van der Waals surface area (Å²) in [4.78, 5) is 12.3. The average molecular weight is 337 g/mol. The van der Waals surface area contributed by atoms with E-state index in [1.54, 1.807) is 0 Å². The molecule has 1 saturated heterocycles. The lowest BCUT2D eigenvalue weighted by Crippen LogP contribution is -2.48. The number of ether oxygens (including phenoxy) is 1. The Labute approximate surface area is 144 Å². The van der Waals surface area contributed by atoms with Crippen LogP contribution in [0.2, 0.25) is 19.6 Å². The molecule has 0 aromatic rings. The number of hydrogen-bond acceptors (Lipinski definition) is 2. The van der Waals surface area contributed by atoms with Crippen LogP contribution in [0.15, 0.2) is 11.3 Å². The van der Waals surface area contributed by atoms with Gasteiger partial charge in [-0.1, -0.05) is 89.7 Å². The second-order valence-corrected chi connectivity index (χ2v) is 13.9. The monoisotopic (exact) mass is 336 g/mol. The second kappa shape index (κ2) is 7.54. The summed E-state index contributed by atoms with van der Waals surface area (Å²) in [7, 11) is -1.38. The molecule has 0 aromatic carbocycles. The Hall–Kier alpha value is -0.573. The number of fused-ring (bicyclic) bond motifs is 1. The minimum absolute atomic E-state index is 0.00613. The van der Waals surface area contributed by atoms with Gasteiger partial charge in [-0.25, -0.2) is 0 Å². The van der Waals surface area contributed by atoms with Crippen molar-refractivity contribution in [2.45, 2.75) is 97.4 Å². The highest BCUT2D eigenvalue weighted by molar-refractivity contribution is 6.83. The van der Waals surface area contributed by atoms with E-state index >= 15 is 0 Å². The molecule has 1 aliphatic heterocycles. The molecule has 0 amide bonds. The van der Waals surface area contributed by atoms with Gasteiger partial charge in [-0.05, 0) is 12.8 Å². The van der Waals surface area contributed by atoms with E-state index in [-0.39, 0.29) is 23.4 Å². The molecule has 132 valence electrons. The lowest BCUT2D eigenvalue weighted by Gasteiger charge is -2.44. The summed E-state index contributed by atoms with van der Waals surface area (Å²) >= 11 is 0. The Morgan fingerprint density at radius 2 is 1.61 bits per heavy atom. The first-order valence-corrected chi connectivity index (χ1v) is 13.2. The molecule has 0 radical (unpaired) electrons. The summed E-state index contributed by atoms with van der Waals surface area (Å²) in [6, 6.07) is 0. The molecular weight excluding hydrogens is 300 g/mol. The Morgan fingerprint density at radius 3 is 2.17 bits per heavy atom. The van der Waals surface area contributed by atoms with Crippen molar-refractivity contribution in [3.63, 3.8) is 0 Å². The van der Waals surface area contributed by atoms with Crippen LogP contribution in [-0.2, 0) is 9.53 Å². The van der Waals surface area contributed by atoms with Gasteiger partial charge < -0.3 is 4.74 Å². The van der Waals surface area contributed by atoms with E-state index in [2.05, 4.69) is 39.6 Å². The van der Waals surface area contributed by atoms with Gasteiger partial charge in [-0.2, -0.15) is 0 Å². The molecule has 23 heavy (non-hydrogen) atoms. The molecule has 3 heteroatoms. The average Bonchev–Trinajstić information content (AvgIpc) is 2.61. The number of carbonyl (C=O) groups excluding carboxylic acids is 1. The third-order valence-corrected chi connectivity index (χ3v) is 7.94. The van der Waals surface area contributed by atoms with Gasteiger partial charge in [0.1, 0.15) is 6.10 Å². The van der Waals surface area contributed by atoms with Gasteiger partial charge in [0.05, 0.1) is 14.0 Å². The Morgan fingerprint density at radius 1 is 1.04 bits per heavy atom. The van der Waals surface area contributed by atoms with Crippen LogP contribution in [0, 0.1) is 11.3 Å². The highest BCUT2D eigenvalue weighted by Gasteiger charge is 2.61. The summed E-state index contributed by atoms with van der Waals surface area (Å²) in [6.07, 6.45) is 14.2. The predicted octanol–water partition coefficient (Wildman–Crippen LogP) is 5.88. The minimum Gasteiger partial charge on any atom is -0.461 e. The van der Waals surface area contributed by atoms with Gasteiger partial charge in [-0.15, -0.1) is 0 Å². The second-order valence-electron chi connectivity index (χ2n) is 8.84. The number of esters is 1. The molecule has 3 atom stereocenters. The van der Waals surface area contributed by atoms with Crippen LogP contribution in [-0.4, -0.2) is 20.1 Å². The predicted molar refractivity (Wildman–Crippen MR) is 100 cm³/mol. The zero-order valence-corrected chi connectivity index (χ0v) is 16.9. The van der Waals surface area contributed by atoms with Gasteiger partial charge in [0.2, 0.25) is 0 Å². The third-order valence-electron chi connectivity index (χ3n) is 5.77. The van der Waals surface area contributed by atoms with Crippen LogP contribution in [0.1, 0.15) is 71.6 Å². The van der Waals surface area contributed by atoms with Crippen molar-refractivity contribution in [1.29, 1.82) is 0 Å². The molecule has 0 bridgehead atoms. The fraction of sp³-hybridized carbons (Fsp3) is 0.850. The van der Waals surface area contributed by atoms with Crippen LogP contribution in [0.4, 0.5) is 0 Å². The first kappa shape index (κ1) is 18.8. The smallest absolute Gasteiger partial charge is 0.314 e. The maximum atomic E-state index is 12.3. The number of rotatable bonds is 10. The van der Waals surface area contributed by atoms with Gasteiger partial charge in [0, 0.05) is 5.41 Å². The summed E-state index contributed by atoms with van der Waals surface area (Å²) in [5.74, 6) is 0.130. The topological polar surface area (TPSA) is 26.3 Å². The molecule has 1 fully saturated rings. The van der Waals surface area contributed by atoms with Crippen molar-refractivity contribution in [2.75, 3.05) is 0 Å². The standard InChI is InChI=1S/C20H36O2Si/c1-6-7-8-9-10-11-12-13-14-17-20(2)15-16(23(3,4)5)18(20)19(21)22-17/h15,17-18H,6-14H2,1-5H3/t17-,18+,20-/m1/s1. The largest absolute Gasteiger partial charge is 0.461 e. The van der Waals surface area contributed by atoms with Crippen molar-refractivity contribution in [3.8, 4) is 0 Å². The SMILES string of the molecule is CCCCCCCCCC[C@H]1OC(=O)[C@@H]2C([Si](C)(C)C)=C[C@@]21C. The molecule has 2 nitrogen and oxygen atoms in total. The number of cyclic esters (lactones) is 1. The fourth-order valence-corrected chi connectivity index (χ4v) is 6.26. The summed E-state index contributed by atoms with van der Waals surface area (Å²) < 4.78 is 5.77. The molecule has 0 saturated carbocycles. The normalized spacial score (nSPS) is 29.8. The summed E-state index contributed by atoms with van der Waals surface area (Å²) in [5.41, 5.74) is -0.00613. The zero-order chi connectivity index (χ0) is 17.1. The van der Waals surface area contributed by atoms with Crippen molar-refractivity contribution in [1.82, 2.24) is 0 Å². The highest BCUT2D eigenvalue weighted by atomic mass is 28.3. The molecule has 2 rings (SSSR count). The van der Waals surface area contributed by atoms with Gasteiger partial charge >= 0.3 is 5.97 Å². The van der Waals surface area contributed by atoms with Crippen molar-refractivity contribution in [3.05, 3.63) is 11.3 Å². The molecule has 1 aliphatic carbocycles. The summed E-state index contributed by atoms with van der Waals surface area (Å²) in [6.45, 7) is 11.5. The van der Waals surface area contributed by atoms with Gasteiger partial charge in [0.15, 0.2) is 0 Å². The Balaban J connectivity index is 1.73. The van der Waals surface area contributed by atoms with Gasteiger partial charge in [-0.3, -0.25) is 4.79 Å². The maximum absolute atomic E-state index is 12.3. The molecule has 0 N–H and O–H groups in total. The molecule has 0 unspecified atom stereocenters. The first-order valence-electron chi connectivity index (χ1n) is 9.74. The zero-order valence-electron chi connectivity index (χ0n) is 15.9. The van der Waals surface area contributed by atoms with Crippen molar-refractivity contribution < 1.29 is 9.53 Å². The molecule has 1 heterocycles. The van der Waals surface area contributed by atoms with E-state index < -0.39 is 8.07 Å². The van der Waals surface area contributed by atoms with E-state index in [1.807, 2.05) is 0 Å². The lowest BCUT2D eigenvalue weighted by atomic mass is 9.65. The fourth-order valence-electron chi connectivity index (χ4n) is 4.22.